The Bertz CT molecular complexity index is 623. The number of anilines is 2. The highest BCUT2D eigenvalue weighted by Gasteiger charge is 2.14. The van der Waals surface area contributed by atoms with Crippen molar-refractivity contribution < 1.29 is 9.18 Å². The Morgan fingerprint density at radius 2 is 2.14 bits per heavy atom. The number of hydrogen-bond acceptors (Lipinski definition) is 3. The monoisotopic (exact) mass is 287 g/mol. The fourth-order valence-electron chi connectivity index (χ4n) is 1.96. The van der Waals surface area contributed by atoms with Gasteiger partial charge in [-0.05, 0) is 31.0 Å². The number of para-hydroxylation sites is 1. The molecule has 110 valence electrons. The number of carbonyl (C=O) groups is 1. The molecule has 1 amide bonds. The van der Waals surface area contributed by atoms with Crippen LogP contribution < -0.4 is 10.6 Å². The van der Waals surface area contributed by atoms with Gasteiger partial charge in [0.2, 0.25) is 0 Å². The van der Waals surface area contributed by atoms with Crippen LogP contribution in [0.15, 0.2) is 36.7 Å². The maximum absolute atomic E-state index is 13.8. The van der Waals surface area contributed by atoms with Crippen LogP contribution in [-0.2, 0) is 0 Å². The molecule has 1 aromatic heterocycles. The van der Waals surface area contributed by atoms with Gasteiger partial charge in [0.1, 0.15) is 5.82 Å². The van der Waals surface area contributed by atoms with Crippen molar-refractivity contribution >= 4 is 17.3 Å². The summed E-state index contributed by atoms with van der Waals surface area (Å²) < 4.78 is 13.8. The highest BCUT2D eigenvalue weighted by Crippen LogP contribution is 2.21. The summed E-state index contributed by atoms with van der Waals surface area (Å²) in [4.78, 5) is 16.4. The second kappa shape index (κ2) is 6.83. The minimum atomic E-state index is -0.444. The summed E-state index contributed by atoms with van der Waals surface area (Å²) in [6.45, 7) is 4.53. The van der Waals surface area contributed by atoms with E-state index in [2.05, 4.69) is 15.6 Å². The third-order valence-corrected chi connectivity index (χ3v) is 3.09. The molecule has 2 N–H and O–H groups in total. The Morgan fingerprint density at radius 3 is 2.86 bits per heavy atom. The normalized spacial score (nSPS) is 10.2. The second-order valence-corrected chi connectivity index (χ2v) is 4.73. The van der Waals surface area contributed by atoms with Gasteiger partial charge in [0.15, 0.2) is 0 Å². The molecule has 0 unspecified atom stereocenters. The van der Waals surface area contributed by atoms with Crippen molar-refractivity contribution in [3.63, 3.8) is 0 Å². The van der Waals surface area contributed by atoms with Crippen LogP contribution in [0.25, 0.3) is 0 Å². The highest BCUT2D eigenvalue weighted by atomic mass is 19.1. The maximum atomic E-state index is 13.8. The molecular formula is C16H18FN3O. The number of rotatable bonds is 5. The molecule has 0 aliphatic rings. The molecule has 0 spiro atoms. The van der Waals surface area contributed by atoms with Crippen LogP contribution in [0.4, 0.5) is 15.8 Å². The van der Waals surface area contributed by atoms with E-state index < -0.39 is 5.82 Å². The van der Waals surface area contributed by atoms with Gasteiger partial charge in [0.05, 0.1) is 23.1 Å². The van der Waals surface area contributed by atoms with E-state index in [0.717, 1.165) is 13.0 Å². The molecule has 0 bridgehead atoms. The average Bonchev–Trinajstić information content (AvgIpc) is 2.49. The standard InChI is InChI=1S/C16H18FN3O/c1-3-8-19-14-10-18-9-7-12(14)16(21)20-15-11(2)5-4-6-13(15)17/h4-7,9-10,19H,3,8H2,1-2H3,(H,20,21). The maximum Gasteiger partial charge on any atom is 0.257 e. The van der Waals surface area contributed by atoms with Crippen LogP contribution in [0.1, 0.15) is 29.3 Å². The lowest BCUT2D eigenvalue weighted by atomic mass is 10.1. The third-order valence-electron chi connectivity index (χ3n) is 3.09. The molecule has 2 aromatic rings. The fourth-order valence-corrected chi connectivity index (χ4v) is 1.96. The van der Waals surface area contributed by atoms with Crippen molar-refractivity contribution in [2.45, 2.75) is 20.3 Å². The van der Waals surface area contributed by atoms with E-state index in [1.165, 1.54) is 6.07 Å². The number of carbonyl (C=O) groups excluding carboxylic acids is 1. The first-order chi connectivity index (χ1) is 10.1. The SMILES string of the molecule is CCCNc1cnccc1C(=O)Nc1c(C)cccc1F. The predicted molar refractivity (Wildman–Crippen MR) is 82.1 cm³/mol. The summed E-state index contributed by atoms with van der Waals surface area (Å²) in [5, 5.41) is 5.77. The lowest BCUT2D eigenvalue weighted by Gasteiger charge is -2.13. The van der Waals surface area contributed by atoms with E-state index in [0.29, 0.717) is 16.8 Å². The van der Waals surface area contributed by atoms with Crippen molar-refractivity contribution in [3.05, 3.63) is 53.6 Å². The van der Waals surface area contributed by atoms with Gasteiger partial charge in [0.25, 0.3) is 5.91 Å². The molecular weight excluding hydrogens is 269 g/mol. The van der Waals surface area contributed by atoms with Gasteiger partial charge in [-0.1, -0.05) is 19.1 Å². The van der Waals surface area contributed by atoms with Crippen molar-refractivity contribution in [1.29, 1.82) is 0 Å². The van der Waals surface area contributed by atoms with E-state index in [9.17, 15) is 9.18 Å². The topological polar surface area (TPSA) is 54.0 Å². The summed E-state index contributed by atoms with van der Waals surface area (Å²) in [7, 11) is 0. The first kappa shape index (κ1) is 15.0. The summed E-state index contributed by atoms with van der Waals surface area (Å²) in [5.41, 5.74) is 1.98. The molecule has 1 heterocycles. The van der Waals surface area contributed by atoms with E-state index in [1.807, 2.05) is 6.92 Å². The zero-order chi connectivity index (χ0) is 15.2. The van der Waals surface area contributed by atoms with Gasteiger partial charge >= 0.3 is 0 Å². The molecule has 0 saturated heterocycles. The summed E-state index contributed by atoms with van der Waals surface area (Å²) in [6.07, 6.45) is 4.07. The number of benzene rings is 1. The van der Waals surface area contributed by atoms with Gasteiger partial charge < -0.3 is 10.6 Å². The minimum Gasteiger partial charge on any atom is -0.383 e. The number of amides is 1. The molecule has 0 atom stereocenters. The summed E-state index contributed by atoms with van der Waals surface area (Å²) in [6, 6.07) is 6.30. The molecule has 21 heavy (non-hydrogen) atoms. The zero-order valence-electron chi connectivity index (χ0n) is 12.1. The average molecular weight is 287 g/mol. The molecule has 0 aliphatic carbocycles. The van der Waals surface area contributed by atoms with Gasteiger partial charge in [-0.15, -0.1) is 0 Å². The minimum absolute atomic E-state index is 0.209. The van der Waals surface area contributed by atoms with Crippen LogP contribution in [0.2, 0.25) is 0 Å². The summed E-state index contributed by atoms with van der Waals surface area (Å²) >= 11 is 0. The van der Waals surface area contributed by atoms with Gasteiger partial charge in [-0.2, -0.15) is 0 Å². The van der Waals surface area contributed by atoms with E-state index in [1.54, 1.807) is 37.5 Å². The van der Waals surface area contributed by atoms with Gasteiger partial charge in [-0.3, -0.25) is 9.78 Å². The van der Waals surface area contributed by atoms with Crippen LogP contribution in [-0.4, -0.2) is 17.4 Å². The predicted octanol–water partition coefficient (Wildman–Crippen LogP) is 3.60. The van der Waals surface area contributed by atoms with E-state index in [-0.39, 0.29) is 11.6 Å². The number of hydrogen-bond donors (Lipinski definition) is 2. The zero-order valence-corrected chi connectivity index (χ0v) is 12.1. The number of aryl methyl sites for hydroxylation is 1. The second-order valence-electron chi connectivity index (χ2n) is 4.73. The molecule has 0 fully saturated rings. The Morgan fingerprint density at radius 1 is 1.33 bits per heavy atom. The van der Waals surface area contributed by atoms with Crippen molar-refractivity contribution in [1.82, 2.24) is 4.98 Å². The Labute approximate surface area is 123 Å². The number of pyridine rings is 1. The Hall–Kier alpha value is -2.43. The lowest BCUT2D eigenvalue weighted by molar-refractivity contribution is 0.102. The van der Waals surface area contributed by atoms with Crippen molar-refractivity contribution in [2.24, 2.45) is 0 Å². The fraction of sp³-hybridized carbons (Fsp3) is 0.250. The lowest BCUT2D eigenvalue weighted by Crippen LogP contribution is -2.16. The molecule has 0 aliphatic heterocycles. The van der Waals surface area contributed by atoms with Crippen LogP contribution in [0.5, 0.6) is 0 Å². The van der Waals surface area contributed by atoms with Crippen LogP contribution in [0, 0.1) is 12.7 Å². The molecule has 0 radical (unpaired) electrons. The largest absolute Gasteiger partial charge is 0.383 e. The quantitative estimate of drug-likeness (QED) is 0.883. The van der Waals surface area contributed by atoms with Gasteiger partial charge in [-0.25, -0.2) is 4.39 Å². The number of aromatic nitrogens is 1. The third kappa shape index (κ3) is 3.56. The highest BCUT2D eigenvalue weighted by molar-refractivity contribution is 6.08. The number of nitrogens with zero attached hydrogens (tertiary/aromatic N) is 1. The number of nitrogens with one attached hydrogen (secondary N) is 2. The first-order valence-electron chi connectivity index (χ1n) is 6.87. The van der Waals surface area contributed by atoms with Crippen molar-refractivity contribution in [3.8, 4) is 0 Å². The first-order valence-corrected chi connectivity index (χ1v) is 6.87. The van der Waals surface area contributed by atoms with Crippen molar-refractivity contribution in [2.75, 3.05) is 17.2 Å². The molecule has 2 rings (SSSR count). The number of halogens is 1. The molecule has 4 nitrogen and oxygen atoms in total. The molecule has 5 heteroatoms. The van der Waals surface area contributed by atoms with Crippen LogP contribution in [0.3, 0.4) is 0 Å². The molecule has 1 aromatic carbocycles. The smallest absolute Gasteiger partial charge is 0.257 e. The Kier molecular flexibility index (Phi) is 4.87. The molecule has 0 saturated carbocycles. The summed E-state index contributed by atoms with van der Waals surface area (Å²) in [5.74, 6) is -0.801. The Balaban J connectivity index is 2.25. The van der Waals surface area contributed by atoms with Gasteiger partial charge in [0, 0.05) is 12.7 Å². The van der Waals surface area contributed by atoms with Crippen LogP contribution >= 0.6 is 0 Å². The van der Waals surface area contributed by atoms with E-state index >= 15 is 0 Å². The van der Waals surface area contributed by atoms with E-state index in [4.69, 9.17) is 0 Å².